The van der Waals surface area contributed by atoms with E-state index in [0.717, 1.165) is 57.2 Å². The highest BCUT2D eigenvalue weighted by Gasteiger charge is 2.42. The predicted molar refractivity (Wildman–Crippen MR) is 99.5 cm³/mol. The average molecular weight is 432 g/mol. The molecular formula is C20H27F3N2O5. The van der Waals surface area contributed by atoms with Crippen LogP contribution in [0, 0.1) is 24.7 Å². The van der Waals surface area contributed by atoms with Gasteiger partial charge in [-0.3, -0.25) is 9.69 Å². The van der Waals surface area contributed by atoms with Crippen LogP contribution in [0.1, 0.15) is 30.8 Å². The number of halogens is 3. The van der Waals surface area contributed by atoms with Crippen molar-refractivity contribution in [3.63, 3.8) is 0 Å². The summed E-state index contributed by atoms with van der Waals surface area (Å²) in [5.41, 5.74) is 0. The number of carboxylic acids is 1. The Bertz CT molecular complexity index is 747. The molecule has 3 atom stereocenters. The van der Waals surface area contributed by atoms with E-state index in [4.69, 9.17) is 19.1 Å². The lowest BCUT2D eigenvalue weighted by atomic mass is 9.81. The fourth-order valence-corrected chi connectivity index (χ4v) is 4.08. The van der Waals surface area contributed by atoms with Crippen LogP contribution in [0.2, 0.25) is 0 Å². The molecule has 168 valence electrons. The van der Waals surface area contributed by atoms with Crippen LogP contribution in [0.25, 0.3) is 0 Å². The molecule has 2 aliphatic heterocycles. The normalized spacial score (nSPS) is 26.5. The van der Waals surface area contributed by atoms with Gasteiger partial charge in [-0.15, -0.1) is 0 Å². The van der Waals surface area contributed by atoms with E-state index in [0.29, 0.717) is 30.2 Å². The molecule has 0 spiro atoms. The van der Waals surface area contributed by atoms with Crippen LogP contribution < -0.4 is 5.32 Å². The van der Waals surface area contributed by atoms with Crippen LogP contribution in [0.15, 0.2) is 16.5 Å². The molecule has 1 saturated carbocycles. The molecule has 0 radical (unpaired) electrons. The van der Waals surface area contributed by atoms with Gasteiger partial charge >= 0.3 is 12.1 Å². The van der Waals surface area contributed by atoms with Crippen LogP contribution in [-0.4, -0.2) is 60.4 Å². The Morgan fingerprint density at radius 2 is 1.93 bits per heavy atom. The lowest BCUT2D eigenvalue weighted by Gasteiger charge is -2.32. The summed E-state index contributed by atoms with van der Waals surface area (Å²) in [5.74, 6) is 0.938. The first-order valence-electron chi connectivity index (χ1n) is 10.1. The van der Waals surface area contributed by atoms with Crippen molar-refractivity contribution in [1.29, 1.82) is 0 Å². The van der Waals surface area contributed by atoms with Gasteiger partial charge in [-0.05, 0) is 49.7 Å². The van der Waals surface area contributed by atoms with E-state index >= 15 is 0 Å². The minimum Gasteiger partial charge on any atom is -0.475 e. The number of hydrogen-bond acceptors (Lipinski definition) is 5. The van der Waals surface area contributed by atoms with Crippen LogP contribution in [-0.2, 0) is 20.9 Å². The molecule has 2 saturated heterocycles. The molecule has 2 N–H and O–H groups in total. The second-order valence-electron chi connectivity index (χ2n) is 8.28. The number of aliphatic carboxylic acids is 1. The number of nitrogens with zero attached hydrogens (tertiary/aromatic N) is 1. The molecule has 10 heteroatoms. The topological polar surface area (TPSA) is 92.0 Å². The average Bonchev–Trinajstić information content (AvgIpc) is 3.20. The van der Waals surface area contributed by atoms with Gasteiger partial charge in [0.1, 0.15) is 11.5 Å². The highest BCUT2D eigenvalue weighted by Crippen LogP contribution is 2.36. The number of hydrogen-bond donors (Lipinski definition) is 2. The fourth-order valence-electron chi connectivity index (χ4n) is 4.08. The first-order valence-corrected chi connectivity index (χ1v) is 10.1. The number of ether oxygens (including phenoxy) is 1. The second-order valence-corrected chi connectivity index (χ2v) is 8.28. The van der Waals surface area contributed by atoms with Crippen LogP contribution in [0.5, 0.6) is 0 Å². The standard InChI is InChI=1S/C18H26N2O3.C2HF3O2/c1-12-2-5-16(23-12)8-20-7-14-11-22-10-13(17(14)9-20)6-18(21)19-15-3-4-15;3-2(4,5)1(6)7/h2,5,13-15,17H,3-4,6-11H2,1H3,(H,19,21);(H,6,7)/t13-,14-,17+;/m1./s1. The van der Waals surface area contributed by atoms with E-state index in [9.17, 15) is 18.0 Å². The molecule has 3 heterocycles. The van der Waals surface area contributed by atoms with Gasteiger partial charge in [0.2, 0.25) is 5.91 Å². The third-order valence-corrected chi connectivity index (χ3v) is 5.64. The number of fused-ring (bicyclic) bond motifs is 1. The number of nitrogens with one attached hydrogen (secondary N) is 1. The van der Waals surface area contributed by atoms with Crippen molar-refractivity contribution in [2.45, 2.75) is 44.9 Å². The number of alkyl halides is 3. The minimum absolute atomic E-state index is 0.210. The van der Waals surface area contributed by atoms with E-state index in [2.05, 4.69) is 16.3 Å². The molecule has 4 rings (SSSR count). The van der Waals surface area contributed by atoms with Gasteiger partial charge in [0.05, 0.1) is 19.8 Å². The van der Waals surface area contributed by atoms with Gasteiger partial charge in [-0.1, -0.05) is 0 Å². The highest BCUT2D eigenvalue weighted by molar-refractivity contribution is 5.76. The Morgan fingerprint density at radius 3 is 2.50 bits per heavy atom. The molecule has 0 unspecified atom stereocenters. The van der Waals surface area contributed by atoms with E-state index in [1.54, 1.807) is 0 Å². The van der Waals surface area contributed by atoms with Crippen LogP contribution in [0.4, 0.5) is 13.2 Å². The second kappa shape index (κ2) is 9.38. The van der Waals surface area contributed by atoms with Gasteiger partial charge in [0.15, 0.2) is 0 Å². The van der Waals surface area contributed by atoms with Crippen LogP contribution >= 0.6 is 0 Å². The van der Waals surface area contributed by atoms with E-state index in [1.807, 2.05) is 13.0 Å². The molecule has 1 aromatic rings. The largest absolute Gasteiger partial charge is 0.490 e. The Labute approximate surface area is 172 Å². The monoisotopic (exact) mass is 432 g/mol. The summed E-state index contributed by atoms with van der Waals surface area (Å²) in [7, 11) is 0. The van der Waals surface area contributed by atoms with Gasteiger partial charge in [-0.2, -0.15) is 13.2 Å². The van der Waals surface area contributed by atoms with Gasteiger partial charge in [-0.25, -0.2) is 4.79 Å². The summed E-state index contributed by atoms with van der Waals surface area (Å²) in [4.78, 5) is 23.5. The first-order chi connectivity index (χ1) is 14.1. The lowest BCUT2D eigenvalue weighted by Crippen LogP contribution is -2.38. The minimum atomic E-state index is -5.08. The molecule has 3 fully saturated rings. The first kappa shape index (κ1) is 22.6. The van der Waals surface area contributed by atoms with E-state index < -0.39 is 12.1 Å². The van der Waals surface area contributed by atoms with Crippen molar-refractivity contribution in [3.05, 3.63) is 23.7 Å². The summed E-state index contributed by atoms with van der Waals surface area (Å²) >= 11 is 0. The lowest BCUT2D eigenvalue weighted by molar-refractivity contribution is -0.192. The third kappa shape index (κ3) is 6.46. The Hall–Kier alpha value is -2.07. The van der Waals surface area contributed by atoms with Gasteiger partial charge in [0.25, 0.3) is 0 Å². The van der Waals surface area contributed by atoms with Crippen molar-refractivity contribution in [1.82, 2.24) is 10.2 Å². The molecule has 7 nitrogen and oxygen atoms in total. The van der Waals surface area contributed by atoms with Crippen molar-refractivity contribution in [2.75, 3.05) is 26.3 Å². The molecule has 3 aliphatic rings. The molecule has 1 aliphatic carbocycles. The van der Waals surface area contributed by atoms with Crippen molar-refractivity contribution >= 4 is 11.9 Å². The Morgan fingerprint density at radius 1 is 1.23 bits per heavy atom. The molecule has 1 aromatic heterocycles. The smallest absolute Gasteiger partial charge is 0.475 e. The van der Waals surface area contributed by atoms with Gasteiger partial charge in [0, 0.05) is 25.6 Å². The summed E-state index contributed by atoms with van der Waals surface area (Å²) in [6.07, 6.45) is -2.17. The quantitative estimate of drug-likeness (QED) is 0.743. The number of amides is 1. The summed E-state index contributed by atoms with van der Waals surface area (Å²) < 4.78 is 43.2. The maximum absolute atomic E-state index is 12.1. The summed E-state index contributed by atoms with van der Waals surface area (Å²) in [6.45, 7) is 6.50. The number of furan rings is 1. The third-order valence-electron chi connectivity index (χ3n) is 5.64. The van der Waals surface area contributed by atoms with E-state index in [-0.39, 0.29) is 5.91 Å². The number of rotatable bonds is 5. The van der Waals surface area contributed by atoms with Crippen molar-refractivity contribution in [3.8, 4) is 0 Å². The number of carbonyl (C=O) groups excluding carboxylic acids is 1. The van der Waals surface area contributed by atoms with Gasteiger partial charge < -0.3 is 19.6 Å². The molecule has 30 heavy (non-hydrogen) atoms. The molecule has 0 aromatic carbocycles. The zero-order valence-corrected chi connectivity index (χ0v) is 16.8. The Balaban J connectivity index is 0.000000318. The van der Waals surface area contributed by atoms with Crippen molar-refractivity contribution in [2.24, 2.45) is 17.8 Å². The maximum Gasteiger partial charge on any atom is 0.490 e. The summed E-state index contributed by atoms with van der Waals surface area (Å²) in [6, 6.07) is 4.53. The molecular weight excluding hydrogens is 405 g/mol. The predicted octanol–water partition coefficient (Wildman–Crippen LogP) is 2.58. The molecule has 0 bridgehead atoms. The number of aryl methyl sites for hydroxylation is 1. The van der Waals surface area contributed by atoms with E-state index in [1.165, 1.54) is 0 Å². The zero-order chi connectivity index (χ0) is 21.9. The number of likely N-dealkylation sites (tertiary alicyclic amines) is 1. The fraction of sp³-hybridized carbons (Fsp3) is 0.700. The Kier molecular flexibility index (Phi) is 7.07. The highest BCUT2D eigenvalue weighted by atomic mass is 19.4. The van der Waals surface area contributed by atoms with Crippen molar-refractivity contribution < 1.29 is 37.0 Å². The number of carbonyl (C=O) groups is 2. The summed E-state index contributed by atoms with van der Waals surface area (Å²) in [5, 5.41) is 10.2. The number of carboxylic acid groups (broad SMARTS) is 1. The van der Waals surface area contributed by atoms with Crippen LogP contribution in [0.3, 0.4) is 0 Å². The SMILES string of the molecule is Cc1ccc(CN2C[C@@H]3COC[C@@H](CC(=O)NC4CC4)[C@@H]3C2)o1.O=C(O)C(F)(F)F. The molecule has 1 amide bonds. The zero-order valence-electron chi connectivity index (χ0n) is 16.8. The maximum atomic E-state index is 12.1.